The molecule has 0 spiro atoms. The molecule has 2 saturated heterocycles. The van der Waals surface area contributed by atoms with E-state index in [9.17, 15) is 13.2 Å². The number of amides is 1. The molecule has 3 rings (SSSR count). The third-order valence-corrected chi connectivity index (χ3v) is 9.48. The van der Waals surface area contributed by atoms with E-state index in [1.54, 1.807) is 10.4 Å². The molecule has 33 heavy (non-hydrogen) atoms. The number of hydrogen-bond donors (Lipinski definition) is 1. The van der Waals surface area contributed by atoms with Crippen molar-refractivity contribution in [3.8, 4) is 0 Å². The minimum Gasteiger partial charge on any atom is -0.340 e. The van der Waals surface area contributed by atoms with Gasteiger partial charge in [0.2, 0.25) is 15.9 Å². The average Bonchev–Trinajstić information content (AvgIpc) is 2.78. The fourth-order valence-electron chi connectivity index (χ4n) is 5.14. The molecule has 8 heteroatoms. The predicted molar refractivity (Wildman–Crippen MR) is 133 cm³/mol. The van der Waals surface area contributed by atoms with Crippen molar-refractivity contribution in [2.24, 2.45) is 0 Å². The SMILES string of the molecule is Cc1cc(C)c(S(=O)(=O)N(CCC(=O)N2CCNCC2)CCN2C(C)CCCC2C)cc1C. The molecule has 186 valence electrons. The smallest absolute Gasteiger partial charge is 0.243 e. The quantitative estimate of drug-likeness (QED) is 0.622. The number of nitrogens with zero attached hydrogens (tertiary/aromatic N) is 3. The molecular formula is C25H42N4O3S. The van der Waals surface area contributed by atoms with E-state index in [1.807, 2.05) is 31.7 Å². The van der Waals surface area contributed by atoms with Gasteiger partial charge < -0.3 is 10.2 Å². The summed E-state index contributed by atoms with van der Waals surface area (Å²) in [6, 6.07) is 4.63. The Morgan fingerprint density at radius 1 is 1.00 bits per heavy atom. The number of benzene rings is 1. The molecule has 1 N–H and O–H groups in total. The largest absolute Gasteiger partial charge is 0.340 e. The van der Waals surface area contributed by atoms with Crippen molar-refractivity contribution in [1.82, 2.24) is 19.4 Å². The van der Waals surface area contributed by atoms with E-state index in [4.69, 9.17) is 0 Å². The molecule has 0 aromatic heterocycles. The first-order valence-corrected chi connectivity index (χ1v) is 13.9. The van der Waals surface area contributed by atoms with Crippen molar-refractivity contribution in [3.05, 3.63) is 28.8 Å². The van der Waals surface area contributed by atoms with Gasteiger partial charge in [-0.25, -0.2) is 8.42 Å². The van der Waals surface area contributed by atoms with Crippen LogP contribution in [-0.2, 0) is 14.8 Å². The first-order chi connectivity index (χ1) is 15.6. The van der Waals surface area contributed by atoms with Crippen molar-refractivity contribution in [3.63, 3.8) is 0 Å². The third-order valence-electron chi connectivity index (χ3n) is 7.44. The van der Waals surface area contributed by atoms with Gasteiger partial charge in [0, 0.05) is 64.3 Å². The molecule has 2 fully saturated rings. The lowest BCUT2D eigenvalue weighted by Crippen LogP contribution is -2.49. The first-order valence-electron chi connectivity index (χ1n) is 12.4. The monoisotopic (exact) mass is 478 g/mol. The maximum Gasteiger partial charge on any atom is 0.243 e. The third kappa shape index (κ3) is 6.35. The van der Waals surface area contributed by atoms with Crippen LogP contribution < -0.4 is 5.32 Å². The van der Waals surface area contributed by atoms with Crippen LogP contribution in [0.3, 0.4) is 0 Å². The van der Waals surface area contributed by atoms with Crippen molar-refractivity contribution < 1.29 is 13.2 Å². The zero-order valence-electron chi connectivity index (χ0n) is 21.1. The second kappa shape index (κ2) is 11.3. The number of piperazine rings is 1. The second-order valence-electron chi connectivity index (χ2n) is 9.85. The Bertz CT molecular complexity index is 918. The van der Waals surface area contributed by atoms with Crippen LogP contribution in [0.5, 0.6) is 0 Å². The molecule has 2 aliphatic rings. The lowest BCUT2D eigenvalue weighted by Gasteiger charge is -2.40. The van der Waals surface area contributed by atoms with Gasteiger partial charge in [-0.05, 0) is 70.2 Å². The van der Waals surface area contributed by atoms with E-state index in [2.05, 4.69) is 24.1 Å². The standard InChI is InChI=1S/C25H42N4O3S/c1-19-17-21(3)24(18-20(19)2)33(31,32)28(12-9-25(30)27-13-10-26-11-14-27)15-16-29-22(4)7-6-8-23(29)5/h17-18,22-23,26H,6-16H2,1-5H3. The molecule has 0 radical (unpaired) electrons. The number of carbonyl (C=O) groups is 1. The summed E-state index contributed by atoms with van der Waals surface area (Å²) in [7, 11) is -3.71. The molecule has 2 unspecified atom stereocenters. The number of piperidine rings is 1. The summed E-state index contributed by atoms with van der Waals surface area (Å²) in [6.45, 7) is 14.5. The number of sulfonamides is 1. The van der Waals surface area contributed by atoms with Crippen LogP contribution in [-0.4, -0.2) is 86.3 Å². The van der Waals surface area contributed by atoms with Crippen molar-refractivity contribution in [2.75, 3.05) is 45.8 Å². The predicted octanol–water partition coefficient (Wildman–Crippen LogP) is 2.69. The highest BCUT2D eigenvalue weighted by atomic mass is 32.2. The Kier molecular flexibility index (Phi) is 8.95. The molecule has 2 aliphatic heterocycles. The Morgan fingerprint density at radius 2 is 1.61 bits per heavy atom. The van der Waals surface area contributed by atoms with Gasteiger partial charge in [-0.2, -0.15) is 4.31 Å². The number of rotatable bonds is 8. The minimum absolute atomic E-state index is 0.0354. The van der Waals surface area contributed by atoms with Gasteiger partial charge in [0.25, 0.3) is 0 Å². The summed E-state index contributed by atoms with van der Waals surface area (Å²) in [4.78, 5) is 17.4. The maximum atomic E-state index is 13.8. The second-order valence-corrected chi connectivity index (χ2v) is 11.8. The van der Waals surface area contributed by atoms with Gasteiger partial charge in [0.05, 0.1) is 4.90 Å². The van der Waals surface area contributed by atoms with Gasteiger partial charge >= 0.3 is 0 Å². The zero-order chi connectivity index (χ0) is 24.2. The summed E-state index contributed by atoms with van der Waals surface area (Å²) < 4.78 is 29.2. The molecule has 7 nitrogen and oxygen atoms in total. The summed E-state index contributed by atoms with van der Waals surface area (Å²) >= 11 is 0. The topological polar surface area (TPSA) is 73.0 Å². The lowest BCUT2D eigenvalue weighted by molar-refractivity contribution is -0.131. The number of aryl methyl sites for hydroxylation is 3. The summed E-state index contributed by atoms with van der Waals surface area (Å²) in [5.41, 5.74) is 2.81. The Hall–Kier alpha value is -1.48. The highest BCUT2D eigenvalue weighted by Crippen LogP contribution is 2.26. The normalized spacial score (nSPS) is 22.7. The van der Waals surface area contributed by atoms with Gasteiger partial charge in [0.1, 0.15) is 0 Å². The summed E-state index contributed by atoms with van der Waals surface area (Å²) in [5.74, 6) is 0.0354. The number of nitrogens with one attached hydrogen (secondary N) is 1. The van der Waals surface area contributed by atoms with Gasteiger partial charge in [-0.1, -0.05) is 12.5 Å². The molecule has 1 amide bonds. The fraction of sp³-hybridized carbons (Fsp3) is 0.720. The van der Waals surface area contributed by atoms with E-state index >= 15 is 0 Å². The molecule has 0 bridgehead atoms. The van der Waals surface area contributed by atoms with Crippen molar-refractivity contribution in [1.29, 1.82) is 0 Å². The van der Waals surface area contributed by atoms with Crippen LogP contribution in [0.25, 0.3) is 0 Å². The highest BCUT2D eigenvalue weighted by Gasteiger charge is 2.31. The van der Waals surface area contributed by atoms with Crippen LogP contribution in [0.4, 0.5) is 0 Å². The molecule has 0 saturated carbocycles. The average molecular weight is 479 g/mol. The van der Waals surface area contributed by atoms with E-state index in [0.717, 1.165) is 42.6 Å². The highest BCUT2D eigenvalue weighted by molar-refractivity contribution is 7.89. The summed E-state index contributed by atoms with van der Waals surface area (Å²) in [5, 5.41) is 3.26. The molecule has 2 atom stereocenters. The molecule has 1 aromatic carbocycles. The van der Waals surface area contributed by atoms with E-state index < -0.39 is 10.0 Å². The molecule has 2 heterocycles. The van der Waals surface area contributed by atoms with Gasteiger partial charge in [-0.3, -0.25) is 9.69 Å². The van der Waals surface area contributed by atoms with Crippen LogP contribution >= 0.6 is 0 Å². The van der Waals surface area contributed by atoms with Crippen LogP contribution in [0.15, 0.2) is 17.0 Å². The van der Waals surface area contributed by atoms with E-state index in [-0.39, 0.29) is 18.9 Å². The Labute approximate surface area is 200 Å². The Balaban J connectivity index is 1.80. The molecule has 0 aliphatic carbocycles. The summed E-state index contributed by atoms with van der Waals surface area (Å²) in [6.07, 6.45) is 3.74. The van der Waals surface area contributed by atoms with Crippen molar-refractivity contribution >= 4 is 15.9 Å². The first kappa shape index (κ1) is 26.1. The fourth-order valence-corrected chi connectivity index (χ4v) is 6.86. The lowest BCUT2D eigenvalue weighted by atomic mass is 9.98. The molecular weight excluding hydrogens is 436 g/mol. The van der Waals surface area contributed by atoms with Gasteiger partial charge in [0.15, 0.2) is 0 Å². The zero-order valence-corrected chi connectivity index (χ0v) is 21.9. The maximum absolute atomic E-state index is 13.8. The van der Waals surface area contributed by atoms with Crippen LogP contribution in [0.2, 0.25) is 0 Å². The number of hydrogen-bond acceptors (Lipinski definition) is 5. The van der Waals surface area contributed by atoms with Gasteiger partial charge in [-0.15, -0.1) is 0 Å². The van der Waals surface area contributed by atoms with Crippen LogP contribution in [0.1, 0.15) is 56.2 Å². The molecule has 1 aromatic rings. The Morgan fingerprint density at radius 3 is 2.24 bits per heavy atom. The van der Waals surface area contributed by atoms with Crippen LogP contribution in [0, 0.1) is 20.8 Å². The van der Waals surface area contributed by atoms with E-state index in [0.29, 0.717) is 43.2 Å². The number of likely N-dealkylation sites (tertiary alicyclic amines) is 1. The van der Waals surface area contributed by atoms with Crippen molar-refractivity contribution in [2.45, 2.75) is 77.3 Å². The minimum atomic E-state index is -3.71. The number of carbonyl (C=O) groups excluding carboxylic acids is 1. The van der Waals surface area contributed by atoms with E-state index in [1.165, 1.54) is 6.42 Å².